The molecule has 0 aliphatic heterocycles. The quantitative estimate of drug-likeness (QED) is 0.792. The first-order chi connectivity index (χ1) is 9.34. The number of H-pyrrole nitrogens is 1. The number of nitrogens with one attached hydrogen (secondary N) is 1. The molecular weight excluding hydrogens is 355 g/mol. The predicted octanol–water partition coefficient (Wildman–Crippen LogP) is 4.80. The lowest BCUT2D eigenvalue weighted by Crippen LogP contribution is -2.10. The number of aromatic nitrogens is 3. The van der Waals surface area contributed by atoms with Crippen molar-refractivity contribution >= 4 is 28.1 Å². The highest BCUT2D eigenvalue weighted by molar-refractivity contribution is 9.10. The molecule has 0 fully saturated rings. The van der Waals surface area contributed by atoms with Crippen molar-refractivity contribution < 1.29 is 13.2 Å². The Labute approximate surface area is 126 Å². The second-order valence-corrected chi connectivity index (χ2v) is 5.49. The average Bonchev–Trinajstić information content (AvgIpc) is 2.71. The van der Waals surface area contributed by atoms with Crippen molar-refractivity contribution in [3.8, 4) is 11.4 Å². The van der Waals surface area contributed by atoms with Crippen molar-refractivity contribution in [3.63, 3.8) is 0 Å². The Hall–Kier alpha value is -1.15. The minimum Gasteiger partial charge on any atom is -0.300 e. The normalized spacial score (nSPS) is 11.8. The Morgan fingerprint density at radius 1 is 1.40 bits per heavy atom. The summed E-state index contributed by atoms with van der Waals surface area (Å²) >= 11 is 8.12. The highest BCUT2D eigenvalue weighted by Crippen LogP contribution is 2.38. The molecule has 1 heterocycles. The lowest BCUT2D eigenvalue weighted by atomic mass is 10.1. The number of aromatic amines is 1. The Morgan fingerprint density at radius 3 is 2.70 bits per heavy atom. The van der Waals surface area contributed by atoms with E-state index in [1.807, 2.05) is 6.92 Å². The van der Waals surface area contributed by atoms with Crippen LogP contribution in [0.4, 0.5) is 13.2 Å². The zero-order valence-electron chi connectivity index (χ0n) is 10.5. The Kier molecular flexibility index (Phi) is 4.33. The van der Waals surface area contributed by atoms with Crippen LogP contribution in [0.5, 0.6) is 0 Å². The van der Waals surface area contributed by atoms with E-state index in [1.54, 1.807) is 10.6 Å². The zero-order valence-corrected chi connectivity index (χ0v) is 12.9. The molecule has 1 aromatic carbocycles. The van der Waals surface area contributed by atoms with Crippen molar-refractivity contribution in [1.82, 2.24) is 14.8 Å². The maximum Gasteiger partial charge on any atom is 0.417 e. The van der Waals surface area contributed by atoms with Gasteiger partial charge in [-0.1, -0.05) is 22.9 Å². The summed E-state index contributed by atoms with van der Waals surface area (Å²) in [5.74, 6) is 0.205. The summed E-state index contributed by atoms with van der Waals surface area (Å²) in [6, 6.07) is 3.99. The second kappa shape index (κ2) is 5.69. The smallest absolute Gasteiger partial charge is 0.300 e. The standard InChI is InChI=1S/C12H11BrF3N3S/c1-2-5-19-10(17-18-11(19)20)8-4-3-7(13)6-9(8)12(14,15)16/h3-4,6H,2,5H2,1H3,(H,18,20). The molecule has 0 aliphatic carbocycles. The van der Waals surface area contributed by atoms with E-state index in [9.17, 15) is 13.2 Å². The van der Waals surface area contributed by atoms with Crippen molar-refractivity contribution in [2.45, 2.75) is 26.1 Å². The SMILES string of the molecule is CCCn1c(-c2ccc(Br)cc2C(F)(F)F)n[nH]c1=S. The molecule has 0 atom stereocenters. The van der Waals surface area contributed by atoms with Crippen LogP contribution in [-0.4, -0.2) is 14.8 Å². The Bertz CT molecular complexity index is 675. The largest absolute Gasteiger partial charge is 0.417 e. The van der Waals surface area contributed by atoms with Crippen LogP contribution >= 0.6 is 28.1 Å². The number of rotatable bonds is 3. The van der Waals surface area contributed by atoms with Gasteiger partial charge in [0.15, 0.2) is 10.6 Å². The summed E-state index contributed by atoms with van der Waals surface area (Å²) in [6.45, 7) is 2.43. The Balaban J connectivity index is 2.67. The van der Waals surface area contributed by atoms with Crippen LogP contribution in [0.15, 0.2) is 22.7 Å². The van der Waals surface area contributed by atoms with Crippen LogP contribution in [0.3, 0.4) is 0 Å². The third-order valence-electron chi connectivity index (χ3n) is 2.73. The fourth-order valence-electron chi connectivity index (χ4n) is 1.90. The summed E-state index contributed by atoms with van der Waals surface area (Å²) in [5, 5.41) is 6.49. The first-order valence-corrected chi connectivity index (χ1v) is 7.07. The average molecular weight is 366 g/mol. The van der Waals surface area contributed by atoms with Gasteiger partial charge in [0.05, 0.1) is 5.56 Å². The van der Waals surface area contributed by atoms with Gasteiger partial charge in [-0.2, -0.15) is 18.3 Å². The van der Waals surface area contributed by atoms with Gasteiger partial charge in [0.25, 0.3) is 0 Å². The van der Waals surface area contributed by atoms with E-state index in [0.29, 0.717) is 15.8 Å². The monoisotopic (exact) mass is 365 g/mol. The molecule has 0 aliphatic rings. The molecule has 0 bridgehead atoms. The van der Waals surface area contributed by atoms with E-state index < -0.39 is 11.7 Å². The third-order valence-corrected chi connectivity index (χ3v) is 3.54. The molecule has 0 spiro atoms. The lowest BCUT2D eigenvalue weighted by molar-refractivity contribution is -0.137. The van der Waals surface area contributed by atoms with E-state index >= 15 is 0 Å². The molecule has 1 N–H and O–H groups in total. The van der Waals surface area contributed by atoms with Crippen LogP contribution in [0, 0.1) is 4.77 Å². The molecule has 0 radical (unpaired) electrons. The number of nitrogens with zero attached hydrogens (tertiary/aromatic N) is 2. The lowest BCUT2D eigenvalue weighted by Gasteiger charge is -2.13. The zero-order chi connectivity index (χ0) is 14.9. The third kappa shape index (κ3) is 2.95. The molecule has 0 saturated carbocycles. The predicted molar refractivity (Wildman–Crippen MR) is 75.8 cm³/mol. The highest BCUT2D eigenvalue weighted by atomic mass is 79.9. The molecule has 2 aromatic rings. The number of benzene rings is 1. The summed E-state index contributed by atoms with van der Waals surface area (Å²) in [7, 11) is 0. The molecule has 3 nitrogen and oxygen atoms in total. The van der Waals surface area contributed by atoms with Gasteiger partial charge in [-0.05, 0) is 36.8 Å². The topological polar surface area (TPSA) is 33.6 Å². The molecule has 0 saturated heterocycles. The van der Waals surface area contributed by atoms with Crippen molar-refractivity contribution in [3.05, 3.63) is 33.0 Å². The first kappa shape index (κ1) is 15.2. The molecule has 1 aromatic heterocycles. The second-order valence-electron chi connectivity index (χ2n) is 4.19. The van der Waals surface area contributed by atoms with Crippen molar-refractivity contribution in [2.75, 3.05) is 0 Å². The summed E-state index contributed by atoms with van der Waals surface area (Å²) in [5.41, 5.74) is -0.722. The van der Waals surface area contributed by atoms with Gasteiger partial charge < -0.3 is 4.57 Å². The maximum atomic E-state index is 13.1. The van der Waals surface area contributed by atoms with Gasteiger partial charge in [0.1, 0.15) is 0 Å². The Morgan fingerprint density at radius 2 is 2.10 bits per heavy atom. The minimum absolute atomic E-state index is 0.0153. The number of hydrogen-bond acceptors (Lipinski definition) is 2. The van der Waals surface area contributed by atoms with Crippen molar-refractivity contribution in [1.29, 1.82) is 0 Å². The molecule has 108 valence electrons. The van der Waals surface area contributed by atoms with E-state index in [-0.39, 0.29) is 11.4 Å². The van der Waals surface area contributed by atoms with Crippen LogP contribution < -0.4 is 0 Å². The van der Waals surface area contributed by atoms with E-state index in [2.05, 4.69) is 26.1 Å². The van der Waals surface area contributed by atoms with Crippen LogP contribution in [0.25, 0.3) is 11.4 Å². The molecule has 8 heteroatoms. The first-order valence-electron chi connectivity index (χ1n) is 5.87. The number of alkyl halides is 3. The summed E-state index contributed by atoms with van der Waals surface area (Å²) in [6.07, 6.45) is -3.71. The highest BCUT2D eigenvalue weighted by Gasteiger charge is 2.35. The molecular formula is C12H11BrF3N3S. The van der Waals surface area contributed by atoms with Gasteiger partial charge in [-0.3, -0.25) is 5.10 Å². The van der Waals surface area contributed by atoms with E-state index in [1.165, 1.54) is 6.07 Å². The number of halogens is 4. The molecule has 0 amide bonds. The molecule has 2 rings (SSSR count). The van der Waals surface area contributed by atoms with Crippen LogP contribution in [0.2, 0.25) is 0 Å². The summed E-state index contributed by atoms with van der Waals surface area (Å²) < 4.78 is 41.7. The molecule has 20 heavy (non-hydrogen) atoms. The fourth-order valence-corrected chi connectivity index (χ4v) is 2.48. The van der Waals surface area contributed by atoms with Gasteiger partial charge in [-0.15, -0.1) is 0 Å². The van der Waals surface area contributed by atoms with Crippen LogP contribution in [0.1, 0.15) is 18.9 Å². The maximum absolute atomic E-state index is 13.1. The molecule has 0 unspecified atom stereocenters. The minimum atomic E-state index is -4.45. The van der Waals surface area contributed by atoms with Gasteiger partial charge in [0.2, 0.25) is 0 Å². The summed E-state index contributed by atoms with van der Waals surface area (Å²) in [4.78, 5) is 0. The van der Waals surface area contributed by atoms with Gasteiger partial charge in [0, 0.05) is 16.6 Å². The fraction of sp³-hybridized carbons (Fsp3) is 0.333. The van der Waals surface area contributed by atoms with E-state index in [0.717, 1.165) is 12.5 Å². The van der Waals surface area contributed by atoms with Crippen molar-refractivity contribution in [2.24, 2.45) is 0 Å². The van der Waals surface area contributed by atoms with Gasteiger partial charge in [-0.25, -0.2) is 0 Å². The van der Waals surface area contributed by atoms with Gasteiger partial charge >= 0.3 is 6.18 Å². The van der Waals surface area contributed by atoms with Crippen LogP contribution in [-0.2, 0) is 12.7 Å². The van der Waals surface area contributed by atoms with E-state index in [4.69, 9.17) is 12.2 Å². The number of hydrogen-bond donors (Lipinski definition) is 1.